The van der Waals surface area contributed by atoms with E-state index in [0.717, 1.165) is 18.1 Å². The SMILES string of the molecule is C1CC(N2C3CNCC2C3)C1. The van der Waals surface area contributed by atoms with Crippen LogP contribution in [0.3, 0.4) is 0 Å². The topological polar surface area (TPSA) is 15.3 Å². The van der Waals surface area contributed by atoms with Crippen LogP contribution in [0.1, 0.15) is 25.7 Å². The first-order valence-corrected chi connectivity index (χ1v) is 4.93. The van der Waals surface area contributed by atoms with E-state index in [1.807, 2.05) is 0 Å². The van der Waals surface area contributed by atoms with E-state index in [1.165, 1.54) is 38.8 Å². The van der Waals surface area contributed by atoms with E-state index in [2.05, 4.69) is 10.2 Å². The summed E-state index contributed by atoms with van der Waals surface area (Å²) in [5.41, 5.74) is 0. The van der Waals surface area contributed by atoms with Gasteiger partial charge in [-0.25, -0.2) is 0 Å². The molecule has 2 heterocycles. The Kier molecular flexibility index (Phi) is 1.29. The maximum absolute atomic E-state index is 3.48. The third kappa shape index (κ3) is 0.798. The van der Waals surface area contributed by atoms with Crippen molar-refractivity contribution in [2.45, 2.75) is 43.8 Å². The van der Waals surface area contributed by atoms with Gasteiger partial charge in [0.1, 0.15) is 0 Å². The average Bonchev–Trinajstić information content (AvgIpc) is 1.98. The highest BCUT2D eigenvalue weighted by molar-refractivity contribution is 5.03. The van der Waals surface area contributed by atoms with Crippen molar-refractivity contribution < 1.29 is 0 Å². The molecule has 1 aliphatic carbocycles. The van der Waals surface area contributed by atoms with Crippen LogP contribution in [0.25, 0.3) is 0 Å². The summed E-state index contributed by atoms with van der Waals surface area (Å²) in [7, 11) is 0. The van der Waals surface area contributed by atoms with Gasteiger partial charge in [0.05, 0.1) is 0 Å². The second-order valence-corrected chi connectivity index (χ2v) is 4.23. The van der Waals surface area contributed by atoms with Crippen molar-refractivity contribution in [1.29, 1.82) is 0 Å². The predicted molar refractivity (Wildman–Crippen MR) is 44.5 cm³/mol. The van der Waals surface area contributed by atoms with Crippen LogP contribution in [0.15, 0.2) is 0 Å². The van der Waals surface area contributed by atoms with Gasteiger partial charge in [0.2, 0.25) is 0 Å². The van der Waals surface area contributed by atoms with Crippen LogP contribution >= 0.6 is 0 Å². The lowest BCUT2D eigenvalue weighted by Gasteiger charge is -2.58. The standard InChI is InChI=1S/C9H16N2/c1-2-7(3-1)11-8-4-9(11)6-10-5-8/h7-10H,1-6H2. The Morgan fingerprint density at radius 1 is 1.00 bits per heavy atom. The summed E-state index contributed by atoms with van der Waals surface area (Å²) in [6, 6.07) is 2.82. The number of piperidine rings is 1. The van der Waals surface area contributed by atoms with Crippen molar-refractivity contribution in [2.75, 3.05) is 13.1 Å². The average molecular weight is 152 g/mol. The van der Waals surface area contributed by atoms with E-state index < -0.39 is 0 Å². The van der Waals surface area contributed by atoms with E-state index in [0.29, 0.717) is 0 Å². The number of hydrogen-bond donors (Lipinski definition) is 1. The van der Waals surface area contributed by atoms with Gasteiger partial charge in [-0.15, -0.1) is 0 Å². The first-order valence-electron chi connectivity index (χ1n) is 4.93. The van der Waals surface area contributed by atoms with E-state index in [4.69, 9.17) is 0 Å². The van der Waals surface area contributed by atoms with Gasteiger partial charge in [0, 0.05) is 31.2 Å². The smallest absolute Gasteiger partial charge is 0.0242 e. The molecular formula is C9H16N2. The molecule has 2 saturated heterocycles. The van der Waals surface area contributed by atoms with E-state index >= 15 is 0 Å². The molecule has 1 N–H and O–H groups in total. The lowest BCUT2D eigenvalue weighted by atomic mass is 9.80. The largest absolute Gasteiger partial charge is 0.314 e. The minimum Gasteiger partial charge on any atom is -0.314 e. The number of hydrogen-bond acceptors (Lipinski definition) is 2. The van der Waals surface area contributed by atoms with Crippen LogP contribution in [0.5, 0.6) is 0 Å². The fourth-order valence-corrected chi connectivity index (χ4v) is 2.79. The van der Waals surface area contributed by atoms with Gasteiger partial charge >= 0.3 is 0 Å². The van der Waals surface area contributed by atoms with Gasteiger partial charge in [0.15, 0.2) is 0 Å². The fourth-order valence-electron chi connectivity index (χ4n) is 2.79. The van der Waals surface area contributed by atoms with E-state index in [9.17, 15) is 0 Å². The van der Waals surface area contributed by atoms with Crippen molar-refractivity contribution >= 4 is 0 Å². The van der Waals surface area contributed by atoms with Crippen LogP contribution in [0, 0.1) is 0 Å². The van der Waals surface area contributed by atoms with Gasteiger partial charge in [-0.3, -0.25) is 4.90 Å². The van der Waals surface area contributed by atoms with Crippen molar-refractivity contribution in [3.63, 3.8) is 0 Å². The molecule has 2 nitrogen and oxygen atoms in total. The highest BCUT2D eigenvalue weighted by Crippen LogP contribution is 2.37. The van der Waals surface area contributed by atoms with Crippen molar-refractivity contribution in [1.82, 2.24) is 10.2 Å². The molecule has 62 valence electrons. The molecule has 1 saturated carbocycles. The van der Waals surface area contributed by atoms with E-state index in [1.54, 1.807) is 0 Å². The minimum atomic E-state index is 0.916. The van der Waals surface area contributed by atoms with Gasteiger partial charge in [0.25, 0.3) is 0 Å². The quantitative estimate of drug-likeness (QED) is 0.591. The zero-order valence-corrected chi connectivity index (χ0v) is 6.92. The minimum absolute atomic E-state index is 0.916. The van der Waals surface area contributed by atoms with Crippen molar-refractivity contribution in [3.05, 3.63) is 0 Å². The molecule has 2 aliphatic heterocycles. The Hall–Kier alpha value is -0.0800. The molecule has 2 bridgehead atoms. The molecule has 0 amide bonds. The summed E-state index contributed by atoms with van der Waals surface area (Å²) in [5.74, 6) is 0. The Balaban J connectivity index is 1.69. The lowest BCUT2D eigenvalue weighted by molar-refractivity contribution is -0.0723. The maximum atomic E-state index is 3.48. The van der Waals surface area contributed by atoms with E-state index in [-0.39, 0.29) is 0 Å². The predicted octanol–water partition coefficient (Wildman–Crippen LogP) is 0.585. The molecular weight excluding hydrogens is 136 g/mol. The first-order chi connectivity index (χ1) is 5.45. The molecule has 0 aromatic rings. The zero-order valence-electron chi connectivity index (χ0n) is 6.92. The Morgan fingerprint density at radius 3 is 2.18 bits per heavy atom. The molecule has 0 spiro atoms. The molecule has 3 rings (SSSR count). The molecule has 2 atom stereocenters. The third-order valence-electron chi connectivity index (χ3n) is 3.64. The number of fused-ring (bicyclic) bond motifs is 2. The lowest BCUT2D eigenvalue weighted by Crippen LogP contribution is -2.71. The molecule has 0 aromatic carbocycles. The van der Waals surface area contributed by atoms with Crippen LogP contribution < -0.4 is 5.32 Å². The number of nitrogens with one attached hydrogen (secondary N) is 1. The summed E-state index contributed by atoms with van der Waals surface area (Å²) >= 11 is 0. The second kappa shape index (κ2) is 2.20. The molecule has 3 aliphatic rings. The molecule has 11 heavy (non-hydrogen) atoms. The van der Waals surface area contributed by atoms with Crippen LogP contribution in [0.2, 0.25) is 0 Å². The molecule has 3 fully saturated rings. The number of piperazine rings is 1. The van der Waals surface area contributed by atoms with Crippen molar-refractivity contribution in [2.24, 2.45) is 0 Å². The molecule has 0 aromatic heterocycles. The van der Waals surface area contributed by atoms with Crippen LogP contribution in [-0.4, -0.2) is 36.1 Å². The molecule has 0 radical (unpaired) electrons. The fraction of sp³-hybridized carbons (Fsp3) is 1.00. The summed E-state index contributed by atoms with van der Waals surface area (Å²) in [5, 5.41) is 3.48. The first kappa shape index (κ1) is 6.44. The highest BCUT2D eigenvalue weighted by atomic mass is 15.3. The number of nitrogens with zero attached hydrogens (tertiary/aromatic N) is 1. The monoisotopic (exact) mass is 152 g/mol. The Bertz CT molecular complexity index is 148. The Labute approximate surface area is 68.0 Å². The van der Waals surface area contributed by atoms with Gasteiger partial charge in [-0.05, 0) is 19.3 Å². The summed E-state index contributed by atoms with van der Waals surface area (Å²) in [6.45, 7) is 2.51. The van der Waals surface area contributed by atoms with Gasteiger partial charge in [-0.1, -0.05) is 6.42 Å². The third-order valence-corrected chi connectivity index (χ3v) is 3.64. The maximum Gasteiger partial charge on any atom is 0.0242 e. The van der Waals surface area contributed by atoms with Crippen LogP contribution in [-0.2, 0) is 0 Å². The van der Waals surface area contributed by atoms with Crippen LogP contribution in [0.4, 0.5) is 0 Å². The Morgan fingerprint density at radius 2 is 1.73 bits per heavy atom. The molecule has 2 heteroatoms. The summed E-state index contributed by atoms with van der Waals surface area (Å²) in [4.78, 5) is 2.78. The van der Waals surface area contributed by atoms with Crippen molar-refractivity contribution in [3.8, 4) is 0 Å². The molecule has 2 unspecified atom stereocenters. The summed E-state index contributed by atoms with van der Waals surface area (Å²) < 4.78 is 0. The second-order valence-electron chi connectivity index (χ2n) is 4.23. The normalized spacial score (nSPS) is 44.7. The van der Waals surface area contributed by atoms with Gasteiger partial charge in [-0.2, -0.15) is 0 Å². The zero-order chi connectivity index (χ0) is 7.26. The summed E-state index contributed by atoms with van der Waals surface area (Å²) in [6.07, 6.45) is 5.91. The van der Waals surface area contributed by atoms with Gasteiger partial charge < -0.3 is 5.32 Å². The highest BCUT2D eigenvalue weighted by Gasteiger charge is 2.45. The number of rotatable bonds is 1.